The minimum atomic E-state index is -0.285. The molecule has 0 radical (unpaired) electrons. The summed E-state index contributed by atoms with van der Waals surface area (Å²) in [5.74, 6) is -0.352. The van der Waals surface area contributed by atoms with Crippen molar-refractivity contribution < 1.29 is 9.18 Å². The van der Waals surface area contributed by atoms with E-state index in [0.717, 1.165) is 17.1 Å². The number of amides is 1. The van der Waals surface area contributed by atoms with Crippen LogP contribution in [0, 0.1) is 5.82 Å². The van der Waals surface area contributed by atoms with Gasteiger partial charge in [-0.2, -0.15) is 0 Å². The van der Waals surface area contributed by atoms with Crippen LogP contribution in [0.25, 0.3) is 10.6 Å². The molecule has 2 aromatic carbocycles. The molecule has 0 spiro atoms. The van der Waals surface area contributed by atoms with Gasteiger partial charge in [0.15, 0.2) is 0 Å². The van der Waals surface area contributed by atoms with E-state index in [4.69, 9.17) is 0 Å². The zero-order valence-corrected chi connectivity index (χ0v) is 15.5. The molecule has 0 saturated heterocycles. The number of hydrogen-bond donors (Lipinski definition) is 1. The molecule has 26 heavy (non-hydrogen) atoms. The summed E-state index contributed by atoms with van der Waals surface area (Å²) in [6, 6.07) is 14.2. The fourth-order valence-electron chi connectivity index (χ4n) is 2.49. The van der Waals surface area contributed by atoms with Crippen LogP contribution in [0.4, 0.5) is 15.8 Å². The summed E-state index contributed by atoms with van der Waals surface area (Å²) >= 11 is 1.39. The van der Waals surface area contributed by atoms with Gasteiger partial charge in [0.2, 0.25) is 5.91 Å². The number of benzene rings is 2. The Hall–Kier alpha value is -2.73. The molecule has 134 valence electrons. The lowest BCUT2D eigenvalue weighted by atomic mass is 10.2. The molecule has 0 aliphatic heterocycles. The quantitative estimate of drug-likeness (QED) is 0.691. The van der Waals surface area contributed by atoms with E-state index in [1.54, 1.807) is 18.2 Å². The van der Waals surface area contributed by atoms with Crippen molar-refractivity contribution in [3.8, 4) is 10.6 Å². The van der Waals surface area contributed by atoms with E-state index in [9.17, 15) is 9.18 Å². The van der Waals surface area contributed by atoms with Gasteiger partial charge in [-0.3, -0.25) is 4.79 Å². The van der Waals surface area contributed by atoms with Crippen molar-refractivity contribution in [3.63, 3.8) is 0 Å². The second-order valence-corrected chi connectivity index (χ2v) is 6.97. The predicted molar refractivity (Wildman–Crippen MR) is 105 cm³/mol. The molecular formula is C20H20FN3OS. The maximum Gasteiger partial charge on any atom is 0.224 e. The minimum Gasteiger partial charge on any atom is -0.378 e. The lowest BCUT2D eigenvalue weighted by Gasteiger charge is -2.13. The highest BCUT2D eigenvalue weighted by Gasteiger charge is 2.10. The molecular weight excluding hydrogens is 349 g/mol. The fourth-order valence-corrected chi connectivity index (χ4v) is 3.37. The van der Waals surface area contributed by atoms with Crippen molar-refractivity contribution in [1.29, 1.82) is 0 Å². The topological polar surface area (TPSA) is 45.2 Å². The summed E-state index contributed by atoms with van der Waals surface area (Å²) in [6.45, 7) is 0. The summed E-state index contributed by atoms with van der Waals surface area (Å²) < 4.78 is 13.8. The van der Waals surface area contributed by atoms with Gasteiger partial charge in [-0.1, -0.05) is 12.1 Å². The van der Waals surface area contributed by atoms with Crippen molar-refractivity contribution in [1.82, 2.24) is 4.98 Å². The average Bonchev–Trinajstić information content (AvgIpc) is 3.09. The van der Waals surface area contributed by atoms with Crippen LogP contribution < -0.4 is 10.2 Å². The second-order valence-electron chi connectivity index (χ2n) is 6.11. The van der Waals surface area contributed by atoms with E-state index in [2.05, 4.69) is 10.3 Å². The SMILES string of the molecule is CN(C)c1ccc(NC(=O)CCc2csc(-c3ccccc3F)n2)cc1. The monoisotopic (exact) mass is 369 g/mol. The lowest BCUT2D eigenvalue weighted by molar-refractivity contribution is -0.116. The zero-order chi connectivity index (χ0) is 18.5. The average molecular weight is 369 g/mol. The van der Waals surface area contributed by atoms with Crippen LogP contribution >= 0.6 is 11.3 Å². The van der Waals surface area contributed by atoms with Crippen molar-refractivity contribution in [2.75, 3.05) is 24.3 Å². The molecule has 0 unspecified atom stereocenters. The molecule has 3 aromatic rings. The third-order valence-electron chi connectivity index (χ3n) is 3.93. The molecule has 1 heterocycles. The first-order chi connectivity index (χ1) is 12.5. The number of carbonyl (C=O) groups is 1. The number of nitrogens with zero attached hydrogens (tertiary/aromatic N) is 2. The molecule has 0 fully saturated rings. The molecule has 0 saturated carbocycles. The highest BCUT2D eigenvalue weighted by Crippen LogP contribution is 2.26. The fraction of sp³-hybridized carbons (Fsp3) is 0.200. The summed E-state index contributed by atoms with van der Waals surface area (Å²) in [4.78, 5) is 18.6. The van der Waals surface area contributed by atoms with Crippen molar-refractivity contribution in [3.05, 3.63) is 65.4 Å². The van der Waals surface area contributed by atoms with Gasteiger partial charge in [-0.05, 0) is 42.8 Å². The first-order valence-corrected chi connectivity index (χ1v) is 9.17. The Kier molecular flexibility index (Phi) is 5.63. The van der Waals surface area contributed by atoms with Crippen LogP contribution in [0.3, 0.4) is 0 Å². The molecule has 6 heteroatoms. The predicted octanol–water partition coefficient (Wildman–Crippen LogP) is 4.59. The highest BCUT2D eigenvalue weighted by atomic mass is 32.1. The molecule has 3 rings (SSSR count). The summed E-state index contributed by atoms with van der Waals surface area (Å²) in [7, 11) is 3.94. The number of rotatable bonds is 6. The Labute approximate surface area is 156 Å². The summed E-state index contributed by atoms with van der Waals surface area (Å²) in [6.07, 6.45) is 0.850. The van der Waals surface area contributed by atoms with Crippen molar-refractivity contribution in [2.24, 2.45) is 0 Å². The third-order valence-corrected chi connectivity index (χ3v) is 4.86. The van der Waals surface area contributed by atoms with Gasteiger partial charge >= 0.3 is 0 Å². The number of carbonyl (C=O) groups excluding carboxylic acids is 1. The Morgan fingerprint density at radius 2 is 1.88 bits per heavy atom. The van der Waals surface area contributed by atoms with E-state index < -0.39 is 0 Å². The number of halogens is 1. The normalized spacial score (nSPS) is 10.6. The van der Waals surface area contributed by atoms with E-state index in [1.165, 1.54) is 17.4 Å². The van der Waals surface area contributed by atoms with Gasteiger partial charge in [0.05, 0.1) is 5.69 Å². The Balaban J connectivity index is 1.56. The second kappa shape index (κ2) is 8.10. The Morgan fingerprint density at radius 1 is 1.15 bits per heavy atom. The van der Waals surface area contributed by atoms with E-state index >= 15 is 0 Å². The minimum absolute atomic E-state index is 0.0666. The van der Waals surface area contributed by atoms with Crippen LogP contribution in [-0.4, -0.2) is 25.0 Å². The Bertz CT molecular complexity index is 890. The van der Waals surface area contributed by atoms with Crippen LogP contribution in [-0.2, 0) is 11.2 Å². The van der Waals surface area contributed by atoms with Gasteiger partial charge in [0, 0.05) is 42.8 Å². The molecule has 1 amide bonds. The summed E-state index contributed by atoms with van der Waals surface area (Å²) in [5.41, 5.74) is 3.14. The van der Waals surface area contributed by atoms with Gasteiger partial charge in [-0.25, -0.2) is 9.37 Å². The highest BCUT2D eigenvalue weighted by molar-refractivity contribution is 7.13. The van der Waals surface area contributed by atoms with E-state index in [-0.39, 0.29) is 11.7 Å². The maximum absolute atomic E-state index is 13.8. The maximum atomic E-state index is 13.8. The first-order valence-electron chi connectivity index (χ1n) is 8.29. The van der Waals surface area contributed by atoms with E-state index in [1.807, 2.05) is 48.6 Å². The molecule has 0 aliphatic rings. The Morgan fingerprint density at radius 3 is 2.58 bits per heavy atom. The van der Waals surface area contributed by atoms with Gasteiger partial charge in [0.1, 0.15) is 10.8 Å². The van der Waals surface area contributed by atoms with E-state index in [0.29, 0.717) is 23.4 Å². The number of aryl methyl sites for hydroxylation is 1. The number of aromatic nitrogens is 1. The number of anilines is 2. The van der Waals surface area contributed by atoms with Crippen LogP contribution in [0.1, 0.15) is 12.1 Å². The van der Waals surface area contributed by atoms with Gasteiger partial charge in [0.25, 0.3) is 0 Å². The number of hydrogen-bond acceptors (Lipinski definition) is 4. The molecule has 1 aromatic heterocycles. The van der Waals surface area contributed by atoms with Crippen LogP contribution in [0.15, 0.2) is 53.9 Å². The molecule has 4 nitrogen and oxygen atoms in total. The first kappa shape index (κ1) is 18.1. The largest absolute Gasteiger partial charge is 0.378 e. The molecule has 0 atom stereocenters. The van der Waals surface area contributed by atoms with Crippen LogP contribution in [0.2, 0.25) is 0 Å². The van der Waals surface area contributed by atoms with Gasteiger partial charge < -0.3 is 10.2 Å². The lowest BCUT2D eigenvalue weighted by Crippen LogP contribution is -2.13. The van der Waals surface area contributed by atoms with Crippen molar-refractivity contribution in [2.45, 2.75) is 12.8 Å². The zero-order valence-electron chi connectivity index (χ0n) is 14.7. The summed E-state index contributed by atoms with van der Waals surface area (Å²) in [5, 5.41) is 5.40. The van der Waals surface area contributed by atoms with Gasteiger partial charge in [-0.15, -0.1) is 11.3 Å². The van der Waals surface area contributed by atoms with Crippen molar-refractivity contribution >= 4 is 28.6 Å². The third kappa shape index (κ3) is 4.46. The van der Waals surface area contributed by atoms with Crippen LogP contribution in [0.5, 0.6) is 0 Å². The molecule has 1 N–H and O–H groups in total. The standard InChI is InChI=1S/C20H20FN3OS/c1-24(2)16-10-7-14(8-11-16)22-19(25)12-9-15-13-26-20(23-15)17-5-3-4-6-18(17)21/h3-8,10-11,13H,9,12H2,1-2H3,(H,22,25). The smallest absolute Gasteiger partial charge is 0.224 e. The number of nitrogens with one attached hydrogen (secondary N) is 1. The molecule has 0 aliphatic carbocycles. The molecule has 0 bridgehead atoms. The number of thiazole rings is 1.